The number of carbonyl (C=O) groups excluding carboxylic acids is 1. The molecule has 1 aliphatic rings. The lowest BCUT2D eigenvalue weighted by Crippen LogP contribution is -2.50. The van der Waals surface area contributed by atoms with Gasteiger partial charge in [0.05, 0.1) is 12.1 Å². The third kappa shape index (κ3) is 1.86. The first-order chi connectivity index (χ1) is 6.36. The Hall–Kier alpha value is -1.36. The summed E-state index contributed by atoms with van der Waals surface area (Å²) in [7, 11) is 0. The van der Waals surface area contributed by atoms with Crippen LogP contribution in [0.15, 0.2) is 12.4 Å². The Labute approximate surface area is 75.9 Å². The Morgan fingerprint density at radius 3 is 3.08 bits per heavy atom. The predicted molar refractivity (Wildman–Crippen MR) is 46.8 cm³/mol. The fourth-order valence-corrected chi connectivity index (χ4v) is 1.18. The number of hydrogen-bond acceptors (Lipinski definition) is 3. The molecule has 2 heterocycles. The van der Waals surface area contributed by atoms with E-state index in [1.807, 2.05) is 0 Å². The first-order valence-electron chi connectivity index (χ1n) is 4.32. The van der Waals surface area contributed by atoms with E-state index < -0.39 is 0 Å². The smallest absolute Gasteiger partial charge is 0.225 e. The van der Waals surface area contributed by atoms with Gasteiger partial charge in [0.15, 0.2) is 0 Å². The van der Waals surface area contributed by atoms with E-state index in [-0.39, 0.29) is 11.8 Å². The molecule has 1 saturated heterocycles. The number of amides is 1. The summed E-state index contributed by atoms with van der Waals surface area (Å²) in [5.41, 5.74) is 1.00. The van der Waals surface area contributed by atoms with Crippen LogP contribution in [0.25, 0.3) is 0 Å². The van der Waals surface area contributed by atoms with Gasteiger partial charge in [0.1, 0.15) is 0 Å². The second-order valence-corrected chi connectivity index (χ2v) is 3.18. The van der Waals surface area contributed by atoms with Gasteiger partial charge >= 0.3 is 0 Å². The van der Waals surface area contributed by atoms with Gasteiger partial charge < -0.3 is 10.6 Å². The third-order valence-corrected chi connectivity index (χ3v) is 2.17. The lowest BCUT2D eigenvalue weighted by atomic mass is 10.0. The Bertz CT molecular complexity index is 278. The monoisotopic (exact) mass is 180 g/mol. The SMILES string of the molecule is O=C(NCc1cn[nH]c1)C1CNC1. The molecule has 1 aromatic heterocycles. The van der Waals surface area contributed by atoms with Crippen LogP contribution in [0.1, 0.15) is 5.56 Å². The number of carbonyl (C=O) groups is 1. The molecule has 1 aliphatic heterocycles. The van der Waals surface area contributed by atoms with E-state index in [9.17, 15) is 4.79 Å². The summed E-state index contributed by atoms with van der Waals surface area (Å²) >= 11 is 0. The van der Waals surface area contributed by atoms with Gasteiger partial charge in [-0.05, 0) is 0 Å². The molecule has 0 spiro atoms. The topological polar surface area (TPSA) is 69.8 Å². The molecule has 1 aromatic rings. The first-order valence-corrected chi connectivity index (χ1v) is 4.32. The lowest BCUT2D eigenvalue weighted by Gasteiger charge is -2.25. The van der Waals surface area contributed by atoms with Crippen LogP contribution >= 0.6 is 0 Å². The maximum Gasteiger partial charge on any atom is 0.225 e. The molecule has 0 aromatic carbocycles. The number of H-pyrrole nitrogens is 1. The normalized spacial score (nSPS) is 16.6. The minimum absolute atomic E-state index is 0.125. The Balaban J connectivity index is 1.76. The maximum atomic E-state index is 11.3. The molecule has 0 unspecified atom stereocenters. The zero-order valence-corrected chi connectivity index (χ0v) is 7.21. The van der Waals surface area contributed by atoms with Gasteiger partial charge in [0.25, 0.3) is 0 Å². The molecule has 1 amide bonds. The zero-order chi connectivity index (χ0) is 9.10. The summed E-state index contributed by atoms with van der Waals surface area (Å²) in [4.78, 5) is 11.3. The molecule has 0 saturated carbocycles. The van der Waals surface area contributed by atoms with E-state index in [0.717, 1.165) is 18.7 Å². The van der Waals surface area contributed by atoms with E-state index in [1.165, 1.54) is 0 Å². The van der Waals surface area contributed by atoms with Crippen LogP contribution in [0.3, 0.4) is 0 Å². The highest BCUT2D eigenvalue weighted by Crippen LogP contribution is 2.02. The van der Waals surface area contributed by atoms with Gasteiger partial charge in [-0.1, -0.05) is 0 Å². The molecule has 2 rings (SSSR count). The van der Waals surface area contributed by atoms with E-state index in [2.05, 4.69) is 20.8 Å². The molecule has 0 bridgehead atoms. The molecule has 5 heteroatoms. The molecule has 0 atom stereocenters. The summed E-state index contributed by atoms with van der Waals surface area (Å²) in [6.07, 6.45) is 3.48. The van der Waals surface area contributed by atoms with E-state index in [1.54, 1.807) is 12.4 Å². The van der Waals surface area contributed by atoms with Crippen LogP contribution in [-0.2, 0) is 11.3 Å². The number of aromatic amines is 1. The second-order valence-electron chi connectivity index (χ2n) is 3.18. The van der Waals surface area contributed by atoms with Crippen molar-refractivity contribution < 1.29 is 4.79 Å². The van der Waals surface area contributed by atoms with Crippen LogP contribution in [-0.4, -0.2) is 29.2 Å². The molecular weight excluding hydrogens is 168 g/mol. The Morgan fingerprint density at radius 2 is 2.54 bits per heavy atom. The zero-order valence-electron chi connectivity index (χ0n) is 7.21. The van der Waals surface area contributed by atoms with E-state index in [4.69, 9.17) is 0 Å². The maximum absolute atomic E-state index is 11.3. The number of nitrogens with one attached hydrogen (secondary N) is 3. The molecule has 5 nitrogen and oxygen atoms in total. The number of nitrogens with zero attached hydrogens (tertiary/aromatic N) is 1. The van der Waals surface area contributed by atoms with Gasteiger partial charge in [-0.2, -0.15) is 5.10 Å². The molecule has 0 radical (unpaired) electrons. The Morgan fingerprint density at radius 1 is 1.69 bits per heavy atom. The van der Waals surface area contributed by atoms with Crippen LogP contribution in [0, 0.1) is 5.92 Å². The summed E-state index contributed by atoms with van der Waals surface area (Å²) in [6, 6.07) is 0. The third-order valence-electron chi connectivity index (χ3n) is 2.17. The summed E-state index contributed by atoms with van der Waals surface area (Å²) in [5, 5.41) is 12.4. The van der Waals surface area contributed by atoms with Gasteiger partial charge in [-0.15, -0.1) is 0 Å². The molecule has 0 aliphatic carbocycles. The van der Waals surface area contributed by atoms with Crippen molar-refractivity contribution in [3.8, 4) is 0 Å². The lowest BCUT2D eigenvalue weighted by molar-refractivity contribution is -0.126. The predicted octanol–water partition coefficient (Wildman–Crippen LogP) is -0.755. The Kier molecular flexibility index (Phi) is 2.27. The van der Waals surface area contributed by atoms with E-state index in [0.29, 0.717) is 6.54 Å². The van der Waals surface area contributed by atoms with E-state index >= 15 is 0 Å². The van der Waals surface area contributed by atoms with Crippen molar-refractivity contribution in [2.75, 3.05) is 13.1 Å². The average Bonchev–Trinajstić information content (AvgIpc) is 2.49. The van der Waals surface area contributed by atoms with Crippen LogP contribution in [0.4, 0.5) is 0 Å². The summed E-state index contributed by atoms with van der Waals surface area (Å²) in [5.74, 6) is 0.284. The van der Waals surface area contributed by atoms with Gasteiger partial charge in [0, 0.05) is 31.4 Å². The minimum atomic E-state index is 0.125. The highest BCUT2D eigenvalue weighted by Gasteiger charge is 2.24. The van der Waals surface area contributed by atoms with Crippen molar-refractivity contribution in [2.24, 2.45) is 5.92 Å². The molecule has 1 fully saturated rings. The number of hydrogen-bond donors (Lipinski definition) is 3. The van der Waals surface area contributed by atoms with Crippen molar-refractivity contribution in [1.82, 2.24) is 20.8 Å². The molecule has 70 valence electrons. The summed E-state index contributed by atoms with van der Waals surface area (Å²) < 4.78 is 0. The fraction of sp³-hybridized carbons (Fsp3) is 0.500. The summed E-state index contributed by atoms with van der Waals surface area (Å²) in [6.45, 7) is 2.17. The first kappa shape index (κ1) is 8.25. The fourth-order valence-electron chi connectivity index (χ4n) is 1.18. The minimum Gasteiger partial charge on any atom is -0.352 e. The van der Waals surface area contributed by atoms with Crippen LogP contribution in [0.2, 0.25) is 0 Å². The largest absolute Gasteiger partial charge is 0.352 e. The standard InChI is InChI=1S/C8H12N4O/c13-8(7-4-9-5-7)10-1-6-2-11-12-3-6/h2-3,7,9H,1,4-5H2,(H,10,13)(H,11,12). The van der Waals surface area contributed by atoms with Crippen molar-refractivity contribution in [3.63, 3.8) is 0 Å². The molecule has 3 N–H and O–H groups in total. The highest BCUT2D eigenvalue weighted by atomic mass is 16.2. The number of rotatable bonds is 3. The van der Waals surface area contributed by atoms with Crippen molar-refractivity contribution >= 4 is 5.91 Å². The van der Waals surface area contributed by atoms with Crippen LogP contribution in [0.5, 0.6) is 0 Å². The van der Waals surface area contributed by atoms with Crippen molar-refractivity contribution in [2.45, 2.75) is 6.54 Å². The van der Waals surface area contributed by atoms with Gasteiger partial charge in [-0.25, -0.2) is 0 Å². The van der Waals surface area contributed by atoms with Crippen molar-refractivity contribution in [1.29, 1.82) is 0 Å². The van der Waals surface area contributed by atoms with Gasteiger partial charge in [-0.3, -0.25) is 9.89 Å². The average molecular weight is 180 g/mol. The van der Waals surface area contributed by atoms with Crippen LogP contribution < -0.4 is 10.6 Å². The highest BCUT2D eigenvalue weighted by molar-refractivity contribution is 5.79. The van der Waals surface area contributed by atoms with Gasteiger partial charge in [0.2, 0.25) is 5.91 Å². The van der Waals surface area contributed by atoms with Crippen molar-refractivity contribution in [3.05, 3.63) is 18.0 Å². The molecule has 13 heavy (non-hydrogen) atoms. The number of aromatic nitrogens is 2. The molecular formula is C8H12N4O. The quantitative estimate of drug-likeness (QED) is 0.573. The second kappa shape index (κ2) is 3.57.